The maximum Gasteiger partial charge on any atom is 0.248 e. The van der Waals surface area contributed by atoms with E-state index < -0.39 is 0 Å². The van der Waals surface area contributed by atoms with E-state index in [2.05, 4.69) is 10.3 Å². The van der Waals surface area contributed by atoms with E-state index in [9.17, 15) is 4.79 Å². The number of hydrogen-bond donors (Lipinski definition) is 2. The molecular weight excluding hydrogens is 212 g/mol. The molecule has 0 bridgehead atoms. The van der Waals surface area contributed by atoms with Crippen LogP contribution in [0.25, 0.3) is 10.9 Å². The van der Waals surface area contributed by atoms with Crippen molar-refractivity contribution in [1.29, 1.82) is 0 Å². The number of piperidine rings is 1. The minimum atomic E-state index is -0.0521. The number of aromatic nitrogens is 1. The lowest BCUT2D eigenvalue weighted by Gasteiger charge is -2.08. The van der Waals surface area contributed by atoms with Crippen molar-refractivity contribution in [1.82, 2.24) is 10.3 Å². The molecule has 0 radical (unpaired) electrons. The van der Waals surface area contributed by atoms with E-state index in [1.807, 2.05) is 30.3 Å². The van der Waals surface area contributed by atoms with Crippen LogP contribution in [0.5, 0.6) is 0 Å². The predicted octanol–water partition coefficient (Wildman–Crippen LogP) is 2.29. The number of pyridine rings is 1. The fourth-order valence-electron chi connectivity index (χ4n) is 1.90. The first-order valence-corrected chi connectivity index (χ1v) is 6.15. The van der Waals surface area contributed by atoms with Crippen molar-refractivity contribution in [3.63, 3.8) is 0 Å². The van der Waals surface area contributed by atoms with Crippen LogP contribution >= 0.6 is 0 Å². The van der Waals surface area contributed by atoms with E-state index in [1.54, 1.807) is 0 Å². The first kappa shape index (κ1) is 11.9. The first-order chi connectivity index (χ1) is 8.36. The summed E-state index contributed by atoms with van der Waals surface area (Å²) < 4.78 is 0. The third-order valence-electron chi connectivity index (χ3n) is 2.84. The summed E-state index contributed by atoms with van der Waals surface area (Å²) in [6.07, 6.45) is 4.22. The third-order valence-corrected chi connectivity index (χ3v) is 2.84. The van der Waals surface area contributed by atoms with Gasteiger partial charge in [0.1, 0.15) is 0 Å². The lowest BCUT2D eigenvalue weighted by molar-refractivity contribution is 0.520. The molecule has 0 atom stereocenters. The Hall–Kier alpha value is -1.61. The summed E-state index contributed by atoms with van der Waals surface area (Å²) in [6.45, 7) is 2.50. The molecule has 1 aliphatic heterocycles. The van der Waals surface area contributed by atoms with Gasteiger partial charge in [-0.25, -0.2) is 0 Å². The normalized spacial score (nSPS) is 15.1. The predicted molar refractivity (Wildman–Crippen MR) is 71.3 cm³/mol. The largest absolute Gasteiger partial charge is 0.322 e. The van der Waals surface area contributed by atoms with Crippen LogP contribution in [0, 0.1) is 0 Å². The molecule has 3 rings (SSSR count). The minimum absolute atomic E-state index is 0.0521. The maximum atomic E-state index is 10.8. The second-order valence-corrected chi connectivity index (χ2v) is 4.22. The first-order valence-electron chi connectivity index (χ1n) is 6.15. The van der Waals surface area contributed by atoms with Crippen molar-refractivity contribution >= 4 is 10.9 Å². The van der Waals surface area contributed by atoms with E-state index in [0.29, 0.717) is 0 Å². The highest BCUT2D eigenvalue weighted by Gasteiger charge is 1.93. The van der Waals surface area contributed by atoms with Crippen LogP contribution in [0.3, 0.4) is 0 Å². The zero-order chi connectivity index (χ0) is 11.9. The number of para-hydroxylation sites is 1. The Morgan fingerprint density at radius 3 is 2.29 bits per heavy atom. The van der Waals surface area contributed by atoms with Crippen molar-refractivity contribution in [2.75, 3.05) is 13.1 Å². The van der Waals surface area contributed by atoms with Gasteiger partial charge in [-0.05, 0) is 43.5 Å². The molecule has 0 spiro atoms. The van der Waals surface area contributed by atoms with Gasteiger partial charge in [-0.1, -0.05) is 24.6 Å². The smallest absolute Gasteiger partial charge is 0.248 e. The second-order valence-electron chi connectivity index (χ2n) is 4.22. The quantitative estimate of drug-likeness (QED) is 0.729. The molecule has 17 heavy (non-hydrogen) atoms. The number of benzene rings is 1. The van der Waals surface area contributed by atoms with E-state index in [1.165, 1.54) is 38.4 Å². The topological polar surface area (TPSA) is 44.9 Å². The summed E-state index contributed by atoms with van der Waals surface area (Å²) in [5, 5.41) is 4.35. The van der Waals surface area contributed by atoms with Gasteiger partial charge >= 0.3 is 0 Å². The van der Waals surface area contributed by atoms with Crippen molar-refractivity contribution in [2.45, 2.75) is 19.3 Å². The Labute approximate surface area is 101 Å². The van der Waals surface area contributed by atoms with Crippen LogP contribution in [0.15, 0.2) is 41.2 Å². The number of H-pyrrole nitrogens is 1. The summed E-state index contributed by atoms with van der Waals surface area (Å²) >= 11 is 0. The maximum absolute atomic E-state index is 10.8. The fourth-order valence-corrected chi connectivity index (χ4v) is 1.90. The van der Waals surface area contributed by atoms with Gasteiger partial charge in [0.2, 0.25) is 5.56 Å². The number of nitrogens with one attached hydrogen (secondary N) is 2. The fraction of sp³-hybridized carbons (Fsp3) is 0.357. The number of rotatable bonds is 0. The molecule has 1 aliphatic rings. The highest BCUT2D eigenvalue weighted by molar-refractivity contribution is 5.77. The number of fused-ring (bicyclic) bond motifs is 1. The summed E-state index contributed by atoms with van der Waals surface area (Å²) in [5.41, 5.74) is 0.837. The van der Waals surface area contributed by atoms with E-state index in [4.69, 9.17) is 0 Å². The van der Waals surface area contributed by atoms with Crippen LogP contribution in [0.4, 0.5) is 0 Å². The molecule has 3 nitrogen and oxygen atoms in total. The molecule has 0 unspecified atom stereocenters. The molecule has 1 fully saturated rings. The minimum Gasteiger partial charge on any atom is -0.322 e. The van der Waals surface area contributed by atoms with Crippen molar-refractivity contribution < 1.29 is 0 Å². The number of aromatic amines is 1. The van der Waals surface area contributed by atoms with Crippen LogP contribution < -0.4 is 10.9 Å². The average Bonchev–Trinajstić information content (AvgIpc) is 2.41. The lowest BCUT2D eigenvalue weighted by atomic mass is 10.2. The zero-order valence-electron chi connectivity index (χ0n) is 9.91. The third kappa shape index (κ3) is 3.71. The highest BCUT2D eigenvalue weighted by Crippen LogP contribution is 2.06. The molecular formula is C14H18N2O. The van der Waals surface area contributed by atoms with Gasteiger partial charge in [0.15, 0.2) is 0 Å². The molecule has 90 valence electrons. The SMILES string of the molecule is C1CCNCC1.O=c1ccc2ccccc2[nH]1. The van der Waals surface area contributed by atoms with Gasteiger partial charge in [0, 0.05) is 11.6 Å². The molecule has 2 N–H and O–H groups in total. The summed E-state index contributed by atoms with van der Waals surface area (Å²) in [6, 6.07) is 11.0. The van der Waals surface area contributed by atoms with Crippen LogP contribution in [0.2, 0.25) is 0 Å². The van der Waals surface area contributed by atoms with Gasteiger partial charge < -0.3 is 10.3 Å². The van der Waals surface area contributed by atoms with Gasteiger partial charge in [-0.15, -0.1) is 0 Å². The molecule has 0 aliphatic carbocycles. The van der Waals surface area contributed by atoms with Gasteiger partial charge in [-0.2, -0.15) is 0 Å². The highest BCUT2D eigenvalue weighted by atomic mass is 16.1. The number of hydrogen-bond acceptors (Lipinski definition) is 2. The van der Waals surface area contributed by atoms with E-state index >= 15 is 0 Å². The van der Waals surface area contributed by atoms with Crippen LogP contribution in [-0.4, -0.2) is 18.1 Å². The molecule has 2 heterocycles. The summed E-state index contributed by atoms with van der Waals surface area (Å²) in [4.78, 5) is 13.6. The van der Waals surface area contributed by atoms with E-state index in [0.717, 1.165) is 10.9 Å². The van der Waals surface area contributed by atoms with Gasteiger partial charge in [0.05, 0.1) is 0 Å². The Bertz CT molecular complexity index is 503. The Morgan fingerprint density at radius 1 is 0.882 bits per heavy atom. The van der Waals surface area contributed by atoms with E-state index in [-0.39, 0.29) is 5.56 Å². The molecule has 1 aromatic heterocycles. The van der Waals surface area contributed by atoms with Crippen molar-refractivity contribution in [2.24, 2.45) is 0 Å². The second kappa shape index (κ2) is 6.21. The summed E-state index contributed by atoms with van der Waals surface area (Å²) in [7, 11) is 0. The lowest BCUT2D eigenvalue weighted by Crippen LogP contribution is -2.21. The zero-order valence-corrected chi connectivity index (χ0v) is 9.91. The Morgan fingerprint density at radius 2 is 1.65 bits per heavy atom. The standard InChI is InChI=1S/C9H7NO.C5H11N/c11-9-6-5-7-3-1-2-4-8(7)10-9;1-2-4-6-5-3-1/h1-6H,(H,10,11);6H,1-5H2. The van der Waals surface area contributed by atoms with Gasteiger partial charge in [0.25, 0.3) is 0 Å². The molecule has 1 aromatic carbocycles. The van der Waals surface area contributed by atoms with Crippen LogP contribution in [-0.2, 0) is 0 Å². The van der Waals surface area contributed by atoms with Crippen molar-refractivity contribution in [3.05, 3.63) is 46.8 Å². The Balaban J connectivity index is 0.000000153. The summed E-state index contributed by atoms with van der Waals surface area (Å²) in [5.74, 6) is 0. The van der Waals surface area contributed by atoms with Crippen LogP contribution in [0.1, 0.15) is 19.3 Å². The molecule has 3 heteroatoms. The molecule has 0 amide bonds. The van der Waals surface area contributed by atoms with Crippen molar-refractivity contribution in [3.8, 4) is 0 Å². The van der Waals surface area contributed by atoms with Gasteiger partial charge in [-0.3, -0.25) is 4.79 Å². The molecule has 1 saturated heterocycles. The Kier molecular flexibility index (Phi) is 4.33. The molecule has 0 saturated carbocycles. The molecule has 2 aromatic rings. The monoisotopic (exact) mass is 230 g/mol. The average molecular weight is 230 g/mol.